The first-order valence-electron chi connectivity index (χ1n) is 5.85. The highest BCUT2D eigenvalue weighted by Crippen LogP contribution is 2.20. The monoisotopic (exact) mass is 294 g/mol. The van der Waals surface area contributed by atoms with Gasteiger partial charge < -0.3 is 36.0 Å². The van der Waals surface area contributed by atoms with Crippen LogP contribution in [0.15, 0.2) is 0 Å². The van der Waals surface area contributed by atoms with Crippen molar-refractivity contribution in [2.75, 3.05) is 6.61 Å². The molecule has 0 bridgehead atoms. The van der Waals surface area contributed by atoms with E-state index in [1.54, 1.807) is 0 Å². The molecule has 1 aliphatic heterocycles. The number of nitrogens with one attached hydrogen (secondary N) is 1. The average Bonchev–Trinajstić information content (AvgIpc) is 2.37. The summed E-state index contributed by atoms with van der Waals surface area (Å²) in [5.74, 6) is -2.28. The molecular weight excluding hydrogens is 276 g/mol. The van der Waals surface area contributed by atoms with Crippen LogP contribution in [0.1, 0.15) is 6.42 Å². The predicted molar refractivity (Wildman–Crippen MR) is 62.1 cm³/mol. The molecular formula is C10H18N2O8. The van der Waals surface area contributed by atoms with Crippen molar-refractivity contribution in [1.29, 1.82) is 0 Å². The third-order valence-electron chi connectivity index (χ3n) is 2.96. The lowest BCUT2D eigenvalue weighted by Crippen LogP contribution is -2.64. The highest BCUT2D eigenvalue weighted by molar-refractivity contribution is 5.83. The lowest BCUT2D eigenvalue weighted by Gasteiger charge is -2.41. The molecule has 0 aromatic rings. The number of carbonyl (C=O) groups is 2. The molecule has 1 aliphatic rings. The Morgan fingerprint density at radius 3 is 2.25 bits per heavy atom. The van der Waals surface area contributed by atoms with E-state index in [9.17, 15) is 24.9 Å². The van der Waals surface area contributed by atoms with E-state index in [1.807, 2.05) is 0 Å². The van der Waals surface area contributed by atoms with Crippen molar-refractivity contribution in [3.63, 3.8) is 0 Å². The maximum atomic E-state index is 10.9. The molecule has 1 unspecified atom stereocenters. The zero-order valence-electron chi connectivity index (χ0n) is 10.4. The van der Waals surface area contributed by atoms with Gasteiger partial charge in [0.1, 0.15) is 36.7 Å². The number of aliphatic hydroxyl groups is 4. The number of carboxylic acids is 1. The normalized spacial score (nSPS) is 35.5. The first-order chi connectivity index (χ1) is 9.27. The topological polar surface area (TPSA) is 183 Å². The third kappa shape index (κ3) is 3.85. The second-order valence-corrected chi connectivity index (χ2v) is 4.48. The van der Waals surface area contributed by atoms with Crippen LogP contribution in [-0.2, 0) is 14.3 Å². The van der Waals surface area contributed by atoms with Crippen LogP contribution in [0.2, 0.25) is 0 Å². The predicted octanol–water partition coefficient (Wildman–Crippen LogP) is -4.30. The highest BCUT2D eigenvalue weighted by atomic mass is 16.6. The van der Waals surface area contributed by atoms with Crippen LogP contribution < -0.4 is 11.1 Å². The molecule has 1 saturated heterocycles. The number of hydrogen-bond donors (Lipinski definition) is 7. The molecule has 0 radical (unpaired) electrons. The van der Waals surface area contributed by atoms with Gasteiger partial charge in [-0.05, 0) is 0 Å². The van der Waals surface area contributed by atoms with Gasteiger partial charge in [0.2, 0.25) is 5.91 Å². The molecule has 10 nitrogen and oxygen atoms in total. The maximum absolute atomic E-state index is 10.9. The van der Waals surface area contributed by atoms with Crippen molar-refractivity contribution in [2.24, 2.45) is 5.73 Å². The second-order valence-electron chi connectivity index (χ2n) is 4.48. The summed E-state index contributed by atoms with van der Waals surface area (Å²) in [5.41, 5.74) is 4.90. The van der Waals surface area contributed by atoms with E-state index in [2.05, 4.69) is 5.32 Å². The van der Waals surface area contributed by atoms with Crippen LogP contribution in [0.25, 0.3) is 0 Å². The fraction of sp³-hybridized carbons (Fsp3) is 0.800. The van der Waals surface area contributed by atoms with Crippen LogP contribution in [0, 0.1) is 0 Å². The Balaban J connectivity index is 2.77. The fourth-order valence-corrected chi connectivity index (χ4v) is 1.86. The number of aliphatic hydroxyl groups excluding tert-OH is 4. The van der Waals surface area contributed by atoms with Crippen molar-refractivity contribution < 1.29 is 39.9 Å². The SMILES string of the molecule is NC(=O)CC(N[C@@H]1O[C@H](CO)[C@@H](O)[C@H](O)[C@H]1O)C(=O)O. The van der Waals surface area contributed by atoms with Gasteiger partial charge in [-0.25, -0.2) is 0 Å². The van der Waals surface area contributed by atoms with Gasteiger partial charge in [-0.15, -0.1) is 0 Å². The average molecular weight is 294 g/mol. The van der Waals surface area contributed by atoms with Gasteiger partial charge >= 0.3 is 5.97 Å². The van der Waals surface area contributed by atoms with Gasteiger partial charge in [0.25, 0.3) is 0 Å². The molecule has 0 spiro atoms. The fourth-order valence-electron chi connectivity index (χ4n) is 1.86. The summed E-state index contributed by atoms with van der Waals surface area (Å²) in [4.78, 5) is 21.7. The van der Waals surface area contributed by atoms with Crippen molar-refractivity contribution in [2.45, 2.75) is 43.1 Å². The van der Waals surface area contributed by atoms with Crippen LogP contribution >= 0.6 is 0 Å². The number of hydrogen-bond acceptors (Lipinski definition) is 8. The largest absolute Gasteiger partial charge is 0.480 e. The lowest BCUT2D eigenvalue weighted by atomic mass is 9.98. The molecule has 1 amide bonds. The molecule has 0 aromatic heterocycles. The van der Waals surface area contributed by atoms with Gasteiger partial charge in [0.15, 0.2) is 0 Å². The summed E-state index contributed by atoms with van der Waals surface area (Å²) in [6, 6.07) is -1.44. The van der Waals surface area contributed by atoms with Crippen LogP contribution in [-0.4, -0.2) is 80.7 Å². The summed E-state index contributed by atoms with van der Waals surface area (Å²) in [7, 11) is 0. The van der Waals surface area contributed by atoms with Gasteiger partial charge in [-0.2, -0.15) is 0 Å². The number of aliphatic carboxylic acids is 1. The van der Waals surface area contributed by atoms with E-state index in [4.69, 9.17) is 20.7 Å². The summed E-state index contributed by atoms with van der Waals surface area (Å²) < 4.78 is 5.06. The molecule has 1 heterocycles. The number of ether oxygens (including phenoxy) is 1. The Morgan fingerprint density at radius 2 is 1.80 bits per heavy atom. The summed E-state index contributed by atoms with van der Waals surface area (Å²) in [5, 5.41) is 49.0. The second kappa shape index (κ2) is 6.92. The molecule has 20 heavy (non-hydrogen) atoms. The van der Waals surface area contributed by atoms with Crippen LogP contribution in [0.3, 0.4) is 0 Å². The minimum Gasteiger partial charge on any atom is -0.480 e. The number of primary amides is 1. The summed E-state index contributed by atoms with van der Waals surface area (Å²) >= 11 is 0. The Bertz CT molecular complexity index is 363. The number of carboxylic acid groups (broad SMARTS) is 1. The van der Waals surface area contributed by atoms with Gasteiger partial charge in [0, 0.05) is 0 Å². The quantitative estimate of drug-likeness (QED) is 0.255. The van der Waals surface area contributed by atoms with Crippen molar-refractivity contribution >= 4 is 11.9 Å². The smallest absolute Gasteiger partial charge is 0.321 e. The van der Waals surface area contributed by atoms with Crippen molar-refractivity contribution in [3.05, 3.63) is 0 Å². The van der Waals surface area contributed by atoms with Gasteiger partial charge in [0.05, 0.1) is 13.0 Å². The maximum Gasteiger partial charge on any atom is 0.321 e. The Morgan fingerprint density at radius 1 is 1.20 bits per heavy atom. The number of carbonyl (C=O) groups excluding carboxylic acids is 1. The molecule has 116 valence electrons. The van der Waals surface area contributed by atoms with E-state index < -0.39 is 61.6 Å². The van der Waals surface area contributed by atoms with Crippen LogP contribution in [0.5, 0.6) is 0 Å². The number of rotatable bonds is 6. The molecule has 0 aliphatic carbocycles. The van der Waals surface area contributed by atoms with Gasteiger partial charge in [-0.1, -0.05) is 0 Å². The van der Waals surface area contributed by atoms with E-state index in [0.717, 1.165) is 0 Å². The van der Waals surface area contributed by atoms with Gasteiger partial charge in [-0.3, -0.25) is 14.9 Å². The molecule has 1 fully saturated rings. The third-order valence-corrected chi connectivity index (χ3v) is 2.96. The van der Waals surface area contributed by atoms with E-state index in [-0.39, 0.29) is 0 Å². The standard InChI is InChI=1S/C10H18N2O8/c11-5(14)1-3(10(18)19)12-9-8(17)7(16)6(15)4(2-13)20-9/h3-4,6-9,12-13,15-17H,1-2H2,(H2,11,14)(H,18,19)/t3?,4-,6-,7+,8-,9-/m1/s1. The molecule has 8 N–H and O–H groups in total. The highest BCUT2D eigenvalue weighted by Gasteiger charge is 2.44. The number of nitrogens with two attached hydrogens (primary N) is 1. The number of amides is 1. The van der Waals surface area contributed by atoms with E-state index in [1.165, 1.54) is 0 Å². The molecule has 1 rings (SSSR count). The zero-order valence-corrected chi connectivity index (χ0v) is 10.4. The summed E-state index contributed by atoms with van der Waals surface area (Å²) in [6.07, 6.45) is -7.93. The molecule has 10 heteroatoms. The first-order valence-corrected chi connectivity index (χ1v) is 5.85. The van der Waals surface area contributed by atoms with E-state index >= 15 is 0 Å². The Labute approximate surface area is 113 Å². The Kier molecular flexibility index (Phi) is 5.80. The van der Waals surface area contributed by atoms with E-state index in [0.29, 0.717) is 0 Å². The van der Waals surface area contributed by atoms with Crippen molar-refractivity contribution in [3.8, 4) is 0 Å². The summed E-state index contributed by atoms with van der Waals surface area (Å²) in [6.45, 7) is -0.642. The van der Waals surface area contributed by atoms with Crippen molar-refractivity contribution in [1.82, 2.24) is 5.32 Å². The minimum absolute atomic E-state index is 0.551. The first kappa shape index (κ1) is 16.8. The van der Waals surface area contributed by atoms with Crippen LogP contribution in [0.4, 0.5) is 0 Å². The minimum atomic E-state index is -1.64. The Hall–Kier alpha value is -1.30. The molecule has 0 aromatic carbocycles. The molecule has 6 atom stereocenters. The zero-order chi connectivity index (χ0) is 15.4. The lowest BCUT2D eigenvalue weighted by molar-refractivity contribution is -0.238. The molecule has 0 saturated carbocycles.